The third kappa shape index (κ3) is 2.80. The van der Waals surface area contributed by atoms with Gasteiger partial charge in [-0.25, -0.2) is 0 Å². The van der Waals surface area contributed by atoms with E-state index in [4.69, 9.17) is 0 Å². The summed E-state index contributed by atoms with van der Waals surface area (Å²) in [5.74, 6) is 1.08. The van der Waals surface area contributed by atoms with Crippen molar-refractivity contribution in [1.29, 1.82) is 0 Å². The quantitative estimate of drug-likeness (QED) is 0.774. The Bertz CT molecular complexity index is 280. The molecule has 2 fully saturated rings. The molecule has 2 aliphatic heterocycles. The van der Waals surface area contributed by atoms with E-state index in [0.29, 0.717) is 17.9 Å². The summed E-state index contributed by atoms with van der Waals surface area (Å²) in [6.07, 6.45) is 2.33. The molecular weight excluding hydrogens is 214 g/mol. The van der Waals surface area contributed by atoms with Crippen molar-refractivity contribution >= 4 is 5.91 Å². The van der Waals surface area contributed by atoms with Crippen molar-refractivity contribution < 1.29 is 4.79 Å². The maximum absolute atomic E-state index is 12.5. The maximum Gasteiger partial charge on any atom is 0.227 e. The first-order chi connectivity index (χ1) is 8.09. The molecule has 1 N–H and O–H groups in total. The highest BCUT2D eigenvalue weighted by molar-refractivity contribution is 5.80. The van der Waals surface area contributed by atoms with E-state index >= 15 is 0 Å². The number of hydrogen-bond donors (Lipinski definition) is 1. The minimum absolute atomic E-state index is 0.206. The lowest BCUT2D eigenvalue weighted by Crippen LogP contribution is -2.45. The molecule has 2 rings (SSSR count). The van der Waals surface area contributed by atoms with Crippen molar-refractivity contribution in [2.45, 2.75) is 25.8 Å². The van der Waals surface area contributed by atoms with Crippen molar-refractivity contribution in [2.24, 2.45) is 11.8 Å². The lowest BCUT2D eigenvalue weighted by molar-refractivity contribution is -0.137. The Kier molecular flexibility index (Phi) is 4.05. The number of nitrogens with one attached hydrogen (secondary N) is 1. The molecule has 4 nitrogen and oxygen atoms in total. The van der Waals surface area contributed by atoms with Crippen LogP contribution in [0.3, 0.4) is 0 Å². The molecule has 3 atom stereocenters. The second-order valence-corrected chi connectivity index (χ2v) is 5.83. The van der Waals surface area contributed by atoms with E-state index in [1.807, 2.05) is 0 Å². The zero-order valence-electron chi connectivity index (χ0n) is 11.3. The average molecular weight is 239 g/mol. The molecule has 4 heteroatoms. The van der Waals surface area contributed by atoms with Crippen molar-refractivity contribution in [3.05, 3.63) is 0 Å². The SMILES string of the molecule is CC1CNCC1C(=O)N1CCCC1CN(C)C. The first-order valence-electron chi connectivity index (χ1n) is 6.75. The third-order valence-electron chi connectivity index (χ3n) is 4.07. The molecule has 1 amide bonds. The van der Waals surface area contributed by atoms with E-state index in [0.717, 1.165) is 26.2 Å². The van der Waals surface area contributed by atoms with Gasteiger partial charge in [0.2, 0.25) is 5.91 Å². The Morgan fingerprint density at radius 3 is 2.76 bits per heavy atom. The van der Waals surface area contributed by atoms with E-state index in [2.05, 4.69) is 36.1 Å². The van der Waals surface area contributed by atoms with Crippen LogP contribution >= 0.6 is 0 Å². The van der Waals surface area contributed by atoms with Gasteiger partial charge in [0.25, 0.3) is 0 Å². The molecule has 2 heterocycles. The van der Waals surface area contributed by atoms with Crippen LogP contribution in [-0.2, 0) is 4.79 Å². The Balaban J connectivity index is 1.97. The molecule has 2 aliphatic rings. The van der Waals surface area contributed by atoms with Crippen molar-refractivity contribution in [3.63, 3.8) is 0 Å². The van der Waals surface area contributed by atoms with Crippen LogP contribution in [0.25, 0.3) is 0 Å². The molecule has 0 saturated carbocycles. The van der Waals surface area contributed by atoms with Gasteiger partial charge < -0.3 is 15.1 Å². The minimum atomic E-state index is 0.206. The fraction of sp³-hybridized carbons (Fsp3) is 0.923. The van der Waals surface area contributed by atoms with E-state index in [-0.39, 0.29) is 5.92 Å². The summed E-state index contributed by atoms with van der Waals surface area (Å²) >= 11 is 0. The summed E-state index contributed by atoms with van der Waals surface area (Å²) in [7, 11) is 4.17. The molecule has 0 aliphatic carbocycles. The summed E-state index contributed by atoms with van der Waals surface area (Å²) < 4.78 is 0. The highest BCUT2D eigenvalue weighted by atomic mass is 16.2. The highest BCUT2D eigenvalue weighted by Crippen LogP contribution is 2.25. The molecule has 0 aromatic carbocycles. The number of amides is 1. The highest BCUT2D eigenvalue weighted by Gasteiger charge is 2.37. The Morgan fingerprint density at radius 1 is 1.41 bits per heavy atom. The van der Waals surface area contributed by atoms with E-state index in [9.17, 15) is 4.79 Å². The zero-order valence-corrected chi connectivity index (χ0v) is 11.3. The number of carbonyl (C=O) groups excluding carboxylic acids is 1. The van der Waals surface area contributed by atoms with Crippen LogP contribution in [0.1, 0.15) is 19.8 Å². The van der Waals surface area contributed by atoms with Gasteiger partial charge >= 0.3 is 0 Å². The van der Waals surface area contributed by atoms with Crippen molar-refractivity contribution in [1.82, 2.24) is 15.1 Å². The van der Waals surface area contributed by atoms with Crippen LogP contribution in [0.2, 0.25) is 0 Å². The van der Waals surface area contributed by atoms with Gasteiger partial charge in [0.1, 0.15) is 0 Å². The van der Waals surface area contributed by atoms with Gasteiger partial charge in [-0.05, 0) is 39.4 Å². The van der Waals surface area contributed by atoms with E-state index in [1.54, 1.807) is 0 Å². The summed E-state index contributed by atoms with van der Waals surface area (Å²) in [4.78, 5) is 16.8. The van der Waals surface area contributed by atoms with Gasteiger partial charge in [-0.3, -0.25) is 4.79 Å². The van der Waals surface area contributed by atoms with Crippen LogP contribution < -0.4 is 5.32 Å². The second-order valence-electron chi connectivity index (χ2n) is 5.83. The maximum atomic E-state index is 12.5. The molecule has 0 radical (unpaired) electrons. The second kappa shape index (κ2) is 5.36. The van der Waals surface area contributed by atoms with Gasteiger partial charge in [-0.15, -0.1) is 0 Å². The Hall–Kier alpha value is -0.610. The van der Waals surface area contributed by atoms with Crippen LogP contribution in [0, 0.1) is 11.8 Å². The first-order valence-corrected chi connectivity index (χ1v) is 6.75. The standard InChI is InChI=1S/C13H25N3O/c1-10-7-14-8-12(10)13(17)16-6-4-5-11(16)9-15(2)3/h10-12,14H,4-9H2,1-3H3. The van der Waals surface area contributed by atoms with Gasteiger partial charge in [0, 0.05) is 25.7 Å². The largest absolute Gasteiger partial charge is 0.338 e. The fourth-order valence-corrected chi connectivity index (χ4v) is 3.09. The first kappa shape index (κ1) is 12.8. The molecule has 0 aromatic rings. The normalized spacial score (nSPS) is 33.6. The topological polar surface area (TPSA) is 35.6 Å². The lowest BCUT2D eigenvalue weighted by Gasteiger charge is -2.30. The predicted octanol–water partition coefficient (Wildman–Crippen LogP) is 0.395. The fourth-order valence-electron chi connectivity index (χ4n) is 3.09. The van der Waals surface area contributed by atoms with Gasteiger partial charge in [-0.2, -0.15) is 0 Å². The zero-order chi connectivity index (χ0) is 12.4. The third-order valence-corrected chi connectivity index (χ3v) is 4.07. The number of likely N-dealkylation sites (N-methyl/N-ethyl adjacent to an activating group) is 1. The summed E-state index contributed by atoms with van der Waals surface area (Å²) in [5, 5.41) is 3.32. The molecule has 0 bridgehead atoms. The van der Waals surface area contributed by atoms with Crippen LogP contribution in [0.4, 0.5) is 0 Å². The smallest absolute Gasteiger partial charge is 0.227 e. The van der Waals surface area contributed by atoms with Crippen molar-refractivity contribution in [2.75, 3.05) is 40.3 Å². The van der Waals surface area contributed by atoms with E-state index in [1.165, 1.54) is 12.8 Å². The number of nitrogens with zero attached hydrogens (tertiary/aromatic N) is 2. The van der Waals surface area contributed by atoms with Gasteiger partial charge in [0.15, 0.2) is 0 Å². The van der Waals surface area contributed by atoms with Crippen molar-refractivity contribution in [3.8, 4) is 0 Å². The summed E-state index contributed by atoms with van der Waals surface area (Å²) in [6.45, 7) is 5.99. The number of likely N-dealkylation sites (tertiary alicyclic amines) is 1. The number of rotatable bonds is 3. The van der Waals surface area contributed by atoms with Crippen LogP contribution in [0.5, 0.6) is 0 Å². The Morgan fingerprint density at radius 2 is 2.18 bits per heavy atom. The molecule has 3 unspecified atom stereocenters. The van der Waals surface area contributed by atoms with E-state index < -0.39 is 0 Å². The molecule has 98 valence electrons. The molecular formula is C13H25N3O. The lowest BCUT2D eigenvalue weighted by atomic mass is 9.96. The van der Waals surface area contributed by atoms with Gasteiger partial charge in [-0.1, -0.05) is 6.92 Å². The summed E-state index contributed by atoms with van der Waals surface area (Å²) in [5.41, 5.74) is 0. The molecule has 0 spiro atoms. The van der Waals surface area contributed by atoms with Gasteiger partial charge in [0.05, 0.1) is 5.92 Å². The average Bonchev–Trinajstić information content (AvgIpc) is 2.85. The number of hydrogen-bond acceptors (Lipinski definition) is 3. The minimum Gasteiger partial charge on any atom is -0.338 e. The summed E-state index contributed by atoms with van der Waals surface area (Å²) in [6, 6.07) is 0.435. The molecule has 2 saturated heterocycles. The Labute approximate surface area is 104 Å². The molecule has 17 heavy (non-hydrogen) atoms. The predicted molar refractivity (Wildman–Crippen MR) is 68.8 cm³/mol. The monoisotopic (exact) mass is 239 g/mol. The van der Waals surface area contributed by atoms with Crippen LogP contribution in [-0.4, -0.2) is 62.0 Å². The number of carbonyl (C=O) groups is 1. The van der Waals surface area contributed by atoms with Crippen LogP contribution in [0.15, 0.2) is 0 Å². The molecule has 0 aromatic heterocycles.